The van der Waals surface area contributed by atoms with Gasteiger partial charge in [0.2, 0.25) is 0 Å². The molecule has 2 N–H and O–H groups in total. The number of anilines is 1. The van der Waals surface area contributed by atoms with Gasteiger partial charge in [0.25, 0.3) is 0 Å². The fourth-order valence-corrected chi connectivity index (χ4v) is 1.91. The molecule has 3 heteroatoms. The maximum Gasteiger partial charge on any atom is 0.127 e. The normalized spacial score (nSPS) is 10.8. The van der Waals surface area contributed by atoms with E-state index in [2.05, 4.69) is 4.90 Å². The largest absolute Gasteiger partial charge is 0.399 e. The number of nitrogen functional groups attached to an aromatic ring is 1. The second-order valence-corrected chi connectivity index (χ2v) is 4.51. The molecule has 0 aromatic heterocycles. The van der Waals surface area contributed by atoms with Crippen LogP contribution in [0.2, 0.25) is 0 Å². The average molecular weight is 244 g/mol. The van der Waals surface area contributed by atoms with Crippen LogP contribution < -0.4 is 5.73 Å². The van der Waals surface area contributed by atoms with Gasteiger partial charge < -0.3 is 5.73 Å². The Balaban J connectivity index is 1.99. The van der Waals surface area contributed by atoms with Gasteiger partial charge in [0.15, 0.2) is 0 Å². The van der Waals surface area contributed by atoms with Crippen LogP contribution in [0.25, 0.3) is 0 Å². The zero-order valence-electron chi connectivity index (χ0n) is 10.4. The van der Waals surface area contributed by atoms with E-state index in [1.807, 2.05) is 43.4 Å². The van der Waals surface area contributed by atoms with Gasteiger partial charge in [-0.25, -0.2) is 4.39 Å². The van der Waals surface area contributed by atoms with Gasteiger partial charge in [0.05, 0.1) is 0 Å². The summed E-state index contributed by atoms with van der Waals surface area (Å²) in [6.07, 6.45) is 0. The predicted molar refractivity (Wildman–Crippen MR) is 72.4 cm³/mol. The van der Waals surface area contributed by atoms with Crippen LogP contribution in [0.5, 0.6) is 0 Å². The van der Waals surface area contributed by atoms with Crippen LogP contribution in [-0.2, 0) is 13.1 Å². The van der Waals surface area contributed by atoms with Crippen LogP contribution in [0.3, 0.4) is 0 Å². The van der Waals surface area contributed by atoms with Crippen molar-refractivity contribution < 1.29 is 4.39 Å². The molecular weight excluding hydrogens is 227 g/mol. The first-order chi connectivity index (χ1) is 8.65. The van der Waals surface area contributed by atoms with Crippen molar-refractivity contribution >= 4 is 5.69 Å². The van der Waals surface area contributed by atoms with Crippen molar-refractivity contribution in [3.05, 3.63) is 65.5 Å². The molecule has 0 spiro atoms. The molecule has 0 saturated heterocycles. The highest BCUT2D eigenvalue weighted by atomic mass is 19.1. The summed E-state index contributed by atoms with van der Waals surface area (Å²) in [5.41, 5.74) is 8.28. The minimum Gasteiger partial charge on any atom is -0.399 e. The first kappa shape index (κ1) is 12.6. The Bertz CT molecular complexity index is 508. The minimum atomic E-state index is -0.151. The molecule has 0 amide bonds. The van der Waals surface area contributed by atoms with E-state index in [0.717, 1.165) is 17.8 Å². The molecule has 0 aliphatic heterocycles. The highest BCUT2D eigenvalue weighted by molar-refractivity contribution is 5.39. The molecule has 0 saturated carbocycles. The van der Waals surface area contributed by atoms with Gasteiger partial charge in [0, 0.05) is 24.3 Å². The second kappa shape index (κ2) is 5.65. The first-order valence-electron chi connectivity index (χ1n) is 5.91. The van der Waals surface area contributed by atoms with Crippen LogP contribution in [0.15, 0.2) is 48.5 Å². The second-order valence-electron chi connectivity index (χ2n) is 4.51. The molecular formula is C15H17FN2. The lowest BCUT2D eigenvalue weighted by Gasteiger charge is -2.17. The van der Waals surface area contributed by atoms with E-state index < -0.39 is 0 Å². The minimum absolute atomic E-state index is 0.151. The summed E-state index contributed by atoms with van der Waals surface area (Å²) in [7, 11) is 1.97. The van der Waals surface area contributed by atoms with Crippen molar-refractivity contribution in [2.75, 3.05) is 12.8 Å². The summed E-state index contributed by atoms with van der Waals surface area (Å²) in [5, 5.41) is 0. The highest BCUT2D eigenvalue weighted by Gasteiger charge is 2.05. The highest BCUT2D eigenvalue weighted by Crippen LogP contribution is 2.12. The summed E-state index contributed by atoms with van der Waals surface area (Å²) in [5.74, 6) is -0.151. The molecule has 0 heterocycles. The quantitative estimate of drug-likeness (QED) is 0.838. The first-order valence-corrected chi connectivity index (χ1v) is 5.91. The van der Waals surface area contributed by atoms with Crippen molar-refractivity contribution in [1.82, 2.24) is 4.90 Å². The number of rotatable bonds is 4. The van der Waals surface area contributed by atoms with Crippen LogP contribution >= 0.6 is 0 Å². The molecule has 0 aliphatic carbocycles. The number of nitrogens with two attached hydrogens (primary N) is 1. The van der Waals surface area contributed by atoms with Gasteiger partial charge >= 0.3 is 0 Å². The van der Waals surface area contributed by atoms with E-state index in [1.165, 1.54) is 11.6 Å². The van der Waals surface area contributed by atoms with E-state index in [1.54, 1.807) is 6.07 Å². The topological polar surface area (TPSA) is 29.3 Å². The standard InChI is InChI=1S/C15H17FN2/c1-18(10-12-6-8-14(17)9-7-12)11-13-4-2-3-5-15(13)16/h2-9H,10-11,17H2,1H3. The molecule has 94 valence electrons. The van der Waals surface area contributed by atoms with Crippen molar-refractivity contribution in [3.8, 4) is 0 Å². The number of hydrogen-bond acceptors (Lipinski definition) is 2. The fourth-order valence-electron chi connectivity index (χ4n) is 1.91. The van der Waals surface area contributed by atoms with Gasteiger partial charge in [-0.2, -0.15) is 0 Å². The van der Waals surface area contributed by atoms with E-state index >= 15 is 0 Å². The Morgan fingerprint density at radius 1 is 1.00 bits per heavy atom. The zero-order valence-corrected chi connectivity index (χ0v) is 10.4. The van der Waals surface area contributed by atoms with E-state index in [-0.39, 0.29) is 5.82 Å². The third-order valence-corrected chi connectivity index (χ3v) is 2.83. The molecule has 2 rings (SSSR count). The number of benzene rings is 2. The van der Waals surface area contributed by atoms with E-state index in [9.17, 15) is 4.39 Å². The summed E-state index contributed by atoms with van der Waals surface area (Å²) < 4.78 is 13.5. The monoisotopic (exact) mass is 244 g/mol. The Hall–Kier alpha value is -1.87. The Kier molecular flexibility index (Phi) is 3.95. The van der Waals surface area contributed by atoms with Crippen LogP contribution in [0, 0.1) is 5.82 Å². The van der Waals surface area contributed by atoms with Crippen LogP contribution in [0.1, 0.15) is 11.1 Å². The maximum atomic E-state index is 13.5. The number of hydrogen-bond donors (Lipinski definition) is 1. The van der Waals surface area contributed by atoms with Gasteiger partial charge in [0.1, 0.15) is 5.82 Å². The molecule has 0 fully saturated rings. The number of nitrogens with zero attached hydrogens (tertiary/aromatic N) is 1. The van der Waals surface area contributed by atoms with E-state index in [0.29, 0.717) is 6.54 Å². The number of halogens is 1. The molecule has 0 atom stereocenters. The summed E-state index contributed by atoms with van der Waals surface area (Å²) in [6.45, 7) is 1.37. The molecule has 2 nitrogen and oxygen atoms in total. The Morgan fingerprint density at radius 3 is 2.33 bits per heavy atom. The van der Waals surface area contributed by atoms with Crippen LogP contribution in [-0.4, -0.2) is 11.9 Å². The Morgan fingerprint density at radius 2 is 1.67 bits per heavy atom. The summed E-state index contributed by atoms with van der Waals surface area (Å²) >= 11 is 0. The third-order valence-electron chi connectivity index (χ3n) is 2.83. The van der Waals surface area contributed by atoms with E-state index in [4.69, 9.17) is 5.73 Å². The molecule has 0 unspecified atom stereocenters. The van der Waals surface area contributed by atoms with Crippen molar-refractivity contribution in [2.24, 2.45) is 0 Å². The van der Waals surface area contributed by atoms with Crippen molar-refractivity contribution in [3.63, 3.8) is 0 Å². The maximum absolute atomic E-state index is 13.5. The Labute approximate surface area is 107 Å². The van der Waals surface area contributed by atoms with Gasteiger partial charge in [-0.05, 0) is 30.8 Å². The molecule has 2 aromatic carbocycles. The van der Waals surface area contributed by atoms with Crippen molar-refractivity contribution in [2.45, 2.75) is 13.1 Å². The summed E-state index contributed by atoms with van der Waals surface area (Å²) in [4.78, 5) is 2.07. The molecule has 0 bridgehead atoms. The summed E-state index contributed by atoms with van der Waals surface area (Å²) in [6, 6.07) is 14.6. The molecule has 18 heavy (non-hydrogen) atoms. The van der Waals surface area contributed by atoms with Gasteiger partial charge in [-0.15, -0.1) is 0 Å². The predicted octanol–water partition coefficient (Wildman–Crippen LogP) is 3.04. The molecule has 2 aromatic rings. The zero-order chi connectivity index (χ0) is 13.0. The van der Waals surface area contributed by atoms with Crippen LogP contribution in [0.4, 0.5) is 10.1 Å². The lowest BCUT2D eigenvalue weighted by Crippen LogP contribution is -2.17. The fraction of sp³-hybridized carbons (Fsp3) is 0.200. The molecule has 0 radical (unpaired) electrons. The lowest BCUT2D eigenvalue weighted by atomic mass is 10.1. The van der Waals surface area contributed by atoms with Gasteiger partial charge in [-0.3, -0.25) is 4.90 Å². The average Bonchev–Trinajstić information content (AvgIpc) is 2.35. The molecule has 0 aliphatic rings. The smallest absolute Gasteiger partial charge is 0.127 e. The van der Waals surface area contributed by atoms with Crippen molar-refractivity contribution in [1.29, 1.82) is 0 Å². The van der Waals surface area contributed by atoms with Gasteiger partial charge in [-0.1, -0.05) is 30.3 Å². The third kappa shape index (κ3) is 3.31. The lowest BCUT2D eigenvalue weighted by molar-refractivity contribution is 0.313. The SMILES string of the molecule is CN(Cc1ccc(N)cc1)Cc1ccccc1F.